The molecule has 4 rings (SSSR count). The number of amides is 4. The predicted octanol–water partition coefficient (Wildman–Crippen LogP) is 3.98. The summed E-state index contributed by atoms with van der Waals surface area (Å²) >= 11 is 0. The predicted molar refractivity (Wildman–Crippen MR) is 144 cm³/mol. The van der Waals surface area contributed by atoms with E-state index in [1.807, 2.05) is 19.0 Å². The lowest BCUT2D eigenvalue weighted by Gasteiger charge is -2.52. The number of nitrogens with zero attached hydrogens (tertiary/aromatic N) is 4. The molecule has 2 fully saturated rings. The van der Waals surface area contributed by atoms with Gasteiger partial charge in [-0.3, -0.25) is 9.59 Å². The SMILES string of the molecule is Cc1cc(CNC(=O)N2CCC(=O)N3[C@@H]2CN(Cc2cccc(F)c2)C(=O)[C@@H]3CCCN(C)C)cc(C(F)(F)F)c1. The molecule has 2 saturated heterocycles. The molecular formula is C29H35F4N5O3. The van der Waals surface area contributed by atoms with E-state index in [2.05, 4.69) is 5.32 Å². The smallest absolute Gasteiger partial charge is 0.334 e. The molecule has 12 heteroatoms. The topological polar surface area (TPSA) is 76.2 Å². The number of hydrogen-bond donors (Lipinski definition) is 1. The highest BCUT2D eigenvalue weighted by molar-refractivity contribution is 5.91. The Morgan fingerprint density at radius 3 is 2.54 bits per heavy atom. The van der Waals surface area contributed by atoms with Crippen molar-refractivity contribution in [3.8, 4) is 0 Å². The molecule has 1 N–H and O–H groups in total. The summed E-state index contributed by atoms with van der Waals surface area (Å²) in [6.07, 6.45) is -4.24. The van der Waals surface area contributed by atoms with Gasteiger partial charge in [0.1, 0.15) is 18.0 Å². The van der Waals surface area contributed by atoms with Gasteiger partial charge < -0.3 is 24.9 Å². The molecule has 2 aliphatic heterocycles. The van der Waals surface area contributed by atoms with Gasteiger partial charge in [0.25, 0.3) is 0 Å². The molecule has 0 saturated carbocycles. The second kappa shape index (κ2) is 12.5. The summed E-state index contributed by atoms with van der Waals surface area (Å²) in [6, 6.07) is 8.19. The standard InChI is InChI=1S/C29H35F4N5O3/c1-19-12-21(14-22(13-19)29(31,32)33)16-34-28(41)37-11-9-26(39)38-24(8-5-10-35(2)3)27(40)36(18-25(37)38)17-20-6-4-7-23(30)15-20/h4,6-7,12-15,24-25H,5,8-11,16-18H2,1-3H3,(H,34,41)/t24-,25+/m0/s1. The fourth-order valence-corrected chi connectivity index (χ4v) is 5.50. The molecule has 2 atom stereocenters. The molecule has 4 amide bonds. The summed E-state index contributed by atoms with van der Waals surface area (Å²) in [5.41, 5.74) is 0.495. The molecule has 2 aliphatic rings. The number of aryl methyl sites for hydroxylation is 1. The average molecular weight is 578 g/mol. The fraction of sp³-hybridized carbons (Fsp3) is 0.483. The quantitative estimate of drug-likeness (QED) is 0.482. The summed E-state index contributed by atoms with van der Waals surface area (Å²) in [4.78, 5) is 46.6. The maximum Gasteiger partial charge on any atom is 0.416 e. The third-order valence-electron chi connectivity index (χ3n) is 7.37. The normalized spacial score (nSPS) is 19.6. The van der Waals surface area contributed by atoms with E-state index in [4.69, 9.17) is 0 Å². The Kier molecular flexibility index (Phi) is 9.21. The van der Waals surface area contributed by atoms with Crippen molar-refractivity contribution < 1.29 is 31.9 Å². The number of piperazine rings is 1. The van der Waals surface area contributed by atoms with Crippen LogP contribution >= 0.6 is 0 Å². The lowest BCUT2D eigenvalue weighted by atomic mass is 9.99. The van der Waals surface area contributed by atoms with Gasteiger partial charge in [0.05, 0.1) is 12.1 Å². The first-order valence-electron chi connectivity index (χ1n) is 13.5. The van der Waals surface area contributed by atoms with E-state index in [9.17, 15) is 31.9 Å². The van der Waals surface area contributed by atoms with Gasteiger partial charge in [-0.1, -0.05) is 23.8 Å². The summed E-state index contributed by atoms with van der Waals surface area (Å²) in [6.45, 7) is 2.34. The van der Waals surface area contributed by atoms with Gasteiger partial charge in [-0.15, -0.1) is 0 Å². The van der Waals surface area contributed by atoms with Crippen LogP contribution in [0.25, 0.3) is 0 Å². The van der Waals surface area contributed by atoms with Crippen LogP contribution in [-0.2, 0) is 28.9 Å². The molecule has 0 aliphatic carbocycles. The number of urea groups is 1. The highest BCUT2D eigenvalue weighted by atomic mass is 19.4. The van der Waals surface area contributed by atoms with Crippen molar-refractivity contribution in [2.75, 3.05) is 33.7 Å². The van der Waals surface area contributed by atoms with Crippen LogP contribution in [0.4, 0.5) is 22.4 Å². The Hall–Kier alpha value is -3.67. The van der Waals surface area contributed by atoms with Crippen LogP contribution in [0, 0.1) is 12.7 Å². The van der Waals surface area contributed by atoms with Gasteiger partial charge in [0, 0.05) is 26.1 Å². The Morgan fingerprint density at radius 2 is 1.85 bits per heavy atom. The van der Waals surface area contributed by atoms with Gasteiger partial charge in [0.2, 0.25) is 11.8 Å². The third-order valence-corrected chi connectivity index (χ3v) is 7.37. The fourth-order valence-electron chi connectivity index (χ4n) is 5.50. The van der Waals surface area contributed by atoms with Crippen molar-refractivity contribution in [2.24, 2.45) is 0 Å². The lowest BCUT2D eigenvalue weighted by molar-refractivity contribution is -0.167. The first-order chi connectivity index (χ1) is 19.3. The maximum atomic E-state index is 13.9. The van der Waals surface area contributed by atoms with Gasteiger partial charge in [-0.05, 0) is 75.8 Å². The Labute approximate surface area is 236 Å². The minimum Gasteiger partial charge on any atom is -0.334 e. The Morgan fingerprint density at radius 1 is 1.10 bits per heavy atom. The Balaban J connectivity index is 1.56. The number of rotatable bonds is 8. The minimum absolute atomic E-state index is 0.0218. The molecule has 0 aromatic heterocycles. The summed E-state index contributed by atoms with van der Waals surface area (Å²) in [5.74, 6) is -0.935. The summed E-state index contributed by atoms with van der Waals surface area (Å²) in [5, 5.41) is 2.70. The average Bonchev–Trinajstić information content (AvgIpc) is 2.88. The van der Waals surface area contributed by atoms with Crippen molar-refractivity contribution >= 4 is 17.8 Å². The van der Waals surface area contributed by atoms with E-state index in [-0.39, 0.29) is 44.4 Å². The van der Waals surface area contributed by atoms with Crippen LogP contribution in [-0.4, -0.2) is 83.4 Å². The molecule has 0 bridgehead atoms. The van der Waals surface area contributed by atoms with Crippen LogP contribution in [0.3, 0.4) is 0 Å². The number of nitrogens with one attached hydrogen (secondary N) is 1. The zero-order chi connectivity index (χ0) is 29.9. The number of benzene rings is 2. The van der Waals surface area contributed by atoms with Crippen molar-refractivity contribution in [1.82, 2.24) is 24.9 Å². The number of carbonyl (C=O) groups is 3. The van der Waals surface area contributed by atoms with Crippen molar-refractivity contribution in [1.29, 1.82) is 0 Å². The molecule has 8 nitrogen and oxygen atoms in total. The third kappa shape index (κ3) is 7.35. The van der Waals surface area contributed by atoms with Crippen molar-refractivity contribution in [2.45, 2.75) is 57.7 Å². The van der Waals surface area contributed by atoms with Gasteiger partial charge in [-0.2, -0.15) is 13.2 Å². The summed E-state index contributed by atoms with van der Waals surface area (Å²) in [7, 11) is 3.82. The van der Waals surface area contributed by atoms with Crippen LogP contribution in [0.15, 0.2) is 42.5 Å². The molecule has 222 valence electrons. The Bertz CT molecular complexity index is 1290. The molecule has 0 radical (unpaired) electrons. The van der Waals surface area contributed by atoms with Crippen LogP contribution in [0.5, 0.6) is 0 Å². The number of halogens is 4. The number of hydrogen-bond acceptors (Lipinski definition) is 4. The van der Waals surface area contributed by atoms with E-state index >= 15 is 0 Å². The van der Waals surface area contributed by atoms with Gasteiger partial charge >= 0.3 is 12.2 Å². The second-order valence-electron chi connectivity index (χ2n) is 10.9. The van der Waals surface area contributed by atoms with E-state index < -0.39 is 35.8 Å². The number of alkyl halides is 3. The summed E-state index contributed by atoms with van der Waals surface area (Å²) < 4.78 is 53.7. The second-order valence-corrected chi connectivity index (χ2v) is 10.9. The van der Waals surface area contributed by atoms with Crippen LogP contribution < -0.4 is 5.32 Å². The van der Waals surface area contributed by atoms with E-state index in [1.54, 1.807) is 30.0 Å². The molecule has 41 heavy (non-hydrogen) atoms. The largest absolute Gasteiger partial charge is 0.416 e. The van der Waals surface area contributed by atoms with Gasteiger partial charge in [0.15, 0.2) is 0 Å². The zero-order valence-corrected chi connectivity index (χ0v) is 23.4. The monoisotopic (exact) mass is 577 g/mol. The molecule has 2 aromatic carbocycles. The highest BCUT2D eigenvalue weighted by Crippen LogP contribution is 2.31. The number of carbonyl (C=O) groups excluding carboxylic acids is 3. The lowest BCUT2D eigenvalue weighted by Crippen LogP contribution is -2.71. The van der Waals surface area contributed by atoms with Crippen LogP contribution in [0.1, 0.15) is 41.5 Å². The zero-order valence-electron chi connectivity index (χ0n) is 23.4. The van der Waals surface area contributed by atoms with Crippen LogP contribution in [0.2, 0.25) is 0 Å². The highest BCUT2D eigenvalue weighted by Gasteiger charge is 2.48. The molecular weight excluding hydrogens is 542 g/mol. The molecule has 2 aromatic rings. The van der Waals surface area contributed by atoms with Crippen molar-refractivity contribution in [3.05, 3.63) is 70.5 Å². The first kappa shape index (κ1) is 30.3. The van der Waals surface area contributed by atoms with Crippen molar-refractivity contribution in [3.63, 3.8) is 0 Å². The molecule has 0 spiro atoms. The minimum atomic E-state index is -4.51. The van der Waals surface area contributed by atoms with E-state index in [0.717, 1.165) is 12.1 Å². The first-order valence-corrected chi connectivity index (χ1v) is 13.5. The van der Waals surface area contributed by atoms with E-state index in [1.165, 1.54) is 21.9 Å². The maximum absolute atomic E-state index is 13.9. The van der Waals surface area contributed by atoms with Gasteiger partial charge in [-0.25, -0.2) is 9.18 Å². The number of fused-ring (bicyclic) bond motifs is 1. The van der Waals surface area contributed by atoms with E-state index in [0.29, 0.717) is 36.1 Å². The molecule has 0 unspecified atom stereocenters. The molecule has 2 heterocycles.